The van der Waals surface area contributed by atoms with Gasteiger partial charge >= 0.3 is 0 Å². The van der Waals surface area contributed by atoms with Crippen molar-refractivity contribution in [3.05, 3.63) is 93.9 Å². The van der Waals surface area contributed by atoms with Crippen molar-refractivity contribution in [1.82, 2.24) is 9.69 Å². The van der Waals surface area contributed by atoms with Crippen LogP contribution in [0.5, 0.6) is 0 Å². The summed E-state index contributed by atoms with van der Waals surface area (Å²) in [6.07, 6.45) is 0. The summed E-state index contributed by atoms with van der Waals surface area (Å²) in [4.78, 5) is 25.5. The maximum absolute atomic E-state index is 14.6. The smallest absolute Gasteiger partial charge is 0.276 e. The lowest BCUT2D eigenvalue weighted by Gasteiger charge is -2.18. The lowest BCUT2D eigenvalue weighted by Crippen LogP contribution is -2.22. The number of aromatic nitrogens is 1. The Morgan fingerprint density at radius 3 is 2.70 bits per heavy atom. The normalized spacial score (nSPS) is 15.1. The van der Waals surface area contributed by atoms with E-state index in [-0.39, 0.29) is 16.5 Å². The zero-order chi connectivity index (χ0) is 20.8. The van der Waals surface area contributed by atoms with E-state index in [1.165, 1.54) is 23.7 Å². The van der Waals surface area contributed by atoms with E-state index < -0.39 is 17.8 Å². The molecule has 5 nitrogen and oxygen atoms in total. The molecular weight excluding hydrogens is 425 g/mol. The number of nitrogens with zero attached hydrogens (tertiary/aromatic N) is 1. The first kappa shape index (κ1) is 18.7. The van der Waals surface area contributed by atoms with Crippen LogP contribution in [0.15, 0.2) is 60.7 Å². The van der Waals surface area contributed by atoms with Crippen LogP contribution in [0, 0.1) is 5.82 Å². The fourth-order valence-electron chi connectivity index (χ4n) is 3.70. The molecule has 0 spiro atoms. The van der Waals surface area contributed by atoms with Gasteiger partial charge in [0.25, 0.3) is 11.8 Å². The van der Waals surface area contributed by atoms with E-state index in [4.69, 9.17) is 11.6 Å². The largest absolute Gasteiger partial charge is 0.341 e. The van der Waals surface area contributed by atoms with E-state index in [9.17, 15) is 14.0 Å². The molecule has 0 saturated carbocycles. The Morgan fingerprint density at radius 1 is 1.07 bits per heavy atom. The summed E-state index contributed by atoms with van der Waals surface area (Å²) in [5.41, 5.74) is 1.69. The fourth-order valence-corrected chi connectivity index (χ4v) is 4.74. The Labute approximate surface area is 179 Å². The van der Waals surface area contributed by atoms with Crippen LogP contribution < -0.4 is 10.6 Å². The van der Waals surface area contributed by atoms with E-state index >= 15 is 0 Å². The van der Waals surface area contributed by atoms with Gasteiger partial charge in [-0.25, -0.2) is 4.39 Å². The second kappa shape index (κ2) is 7.19. The Hall–Kier alpha value is -3.29. The summed E-state index contributed by atoms with van der Waals surface area (Å²) >= 11 is 7.48. The van der Waals surface area contributed by atoms with Crippen LogP contribution in [0.1, 0.15) is 38.0 Å². The fraction of sp³-hybridized carbons (Fsp3) is 0.0455. The molecule has 1 aliphatic heterocycles. The first-order valence-electron chi connectivity index (χ1n) is 9.08. The number of carbonyl (C=O) groups excluding carboxylic acids is 2. The molecule has 5 rings (SSSR count). The van der Waals surface area contributed by atoms with Crippen LogP contribution in [-0.4, -0.2) is 16.2 Å². The molecule has 30 heavy (non-hydrogen) atoms. The molecule has 1 unspecified atom stereocenters. The third-order valence-corrected chi connectivity index (χ3v) is 6.20. The van der Waals surface area contributed by atoms with E-state index in [0.717, 1.165) is 10.1 Å². The molecule has 0 radical (unpaired) electrons. The Morgan fingerprint density at radius 2 is 1.87 bits per heavy atom. The highest BCUT2D eigenvalue weighted by Crippen LogP contribution is 2.40. The maximum atomic E-state index is 14.6. The third kappa shape index (κ3) is 2.94. The predicted octanol–water partition coefficient (Wildman–Crippen LogP) is 5.17. The zero-order valence-corrected chi connectivity index (χ0v) is 16.9. The van der Waals surface area contributed by atoms with Gasteiger partial charge in [0.2, 0.25) is 0 Å². The Bertz CT molecular complexity index is 1320. The first-order chi connectivity index (χ1) is 14.5. The van der Waals surface area contributed by atoms with Gasteiger partial charge in [0.05, 0.1) is 10.7 Å². The van der Waals surface area contributed by atoms with Crippen molar-refractivity contribution in [1.29, 1.82) is 0 Å². The summed E-state index contributed by atoms with van der Waals surface area (Å²) < 4.78 is 19.8. The highest BCUT2D eigenvalue weighted by Gasteiger charge is 2.35. The van der Waals surface area contributed by atoms with Gasteiger partial charge in [-0.15, -0.1) is 0 Å². The van der Waals surface area contributed by atoms with Crippen LogP contribution in [0.2, 0.25) is 5.02 Å². The van der Waals surface area contributed by atoms with Crippen LogP contribution in [0.25, 0.3) is 10.1 Å². The number of fused-ring (bicyclic) bond motifs is 2. The minimum Gasteiger partial charge on any atom is -0.341 e. The minimum atomic E-state index is -0.815. The quantitative estimate of drug-likeness (QED) is 0.464. The molecule has 1 aliphatic rings. The van der Waals surface area contributed by atoms with E-state index in [0.29, 0.717) is 22.5 Å². The van der Waals surface area contributed by atoms with Crippen molar-refractivity contribution >= 4 is 50.7 Å². The molecule has 148 valence electrons. The van der Waals surface area contributed by atoms with Crippen molar-refractivity contribution < 1.29 is 14.0 Å². The summed E-state index contributed by atoms with van der Waals surface area (Å²) in [5, 5.41) is 6.55. The molecule has 1 aromatic heterocycles. The van der Waals surface area contributed by atoms with Crippen molar-refractivity contribution in [2.24, 2.45) is 0 Å². The van der Waals surface area contributed by atoms with Crippen LogP contribution in [0.4, 0.5) is 10.1 Å². The number of amides is 2. The summed E-state index contributed by atoms with van der Waals surface area (Å²) in [5.74, 6) is -1.30. The molecular formula is C22H13ClFN3O2S. The number of rotatable bonds is 3. The molecule has 0 bridgehead atoms. The third-order valence-electron chi connectivity index (χ3n) is 5.04. The molecule has 1 atom stereocenters. The zero-order valence-electron chi connectivity index (χ0n) is 15.3. The number of hydrogen-bond acceptors (Lipinski definition) is 4. The lowest BCUT2D eigenvalue weighted by atomic mass is 9.96. The topological polar surface area (TPSA) is 71.1 Å². The number of nitrogens with one attached hydrogen (secondary N) is 2. The standard InChI is InChI=1S/C22H13ClFN3O2S/c23-13-7-4-8-14(24)18(13)20-17-12(21(28)26-20)6-3-9-15(17)25-22(29)19-11-5-1-2-10-16(11)30-27-19/h1-10,20H,(H,25,29)(H,26,28). The van der Waals surface area contributed by atoms with Gasteiger partial charge in [0.15, 0.2) is 0 Å². The number of carbonyl (C=O) groups is 2. The molecule has 2 heterocycles. The first-order valence-corrected chi connectivity index (χ1v) is 10.2. The highest BCUT2D eigenvalue weighted by molar-refractivity contribution is 7.13. The number of benzene rings is 3. The summed E-state index contributed by atoms with van der Waals surface area (Å²) in [6, 6.07) is 15.9. The van der Waals surface area contributed by atoms with Gasteiger partial charge < -0.3 is 10.6 Å². The number of halogens is 2. The average Bonchev–Trinajstić information content (AvgIpc) is 3.30. The van der Waals surface area contributed by atoms with E-state index in [2.05, 4.69) is 15.0 Å². The molecule has 0 saturated heterocycles. The SMILES string of the molecule is O=C1NC(c2c(F)cccc2Cl)c2c(NC(=O)c3nsc4ccccc34)cccc21. The number of anilines is 1. The molecule has 8 heteroatoms. The Balaban J connectivity index is 1.59. The molecule has 2 N–H and O–H groups in total. The lowest BCUT2D eigenvalue weighted by molar-refractivity contribution is 0.0959. The van der Waals surface area contributed by atoms with Crippen molar-refractivity contribution in [3.8, 4) is 0 Å². The molecule has 2 amide bonds. The van der Waals surface area contributed by atoms with E-state index in [1.54, 1.807) is 24.3 Å². The monoisotopic (exact) mass is 437 g/mol. The molecule has 0 aliphatic carbocycles. The Kier molecular flexibility index (Phi) is 4.49. The second-order valence-electron chi connectivity index (χ2n) is 6.79. The highest BCUT2D eigenvalue weighted by atomic mass is 35.5. The van der Waals surface area contributed by atoms with Gasteiger partial charge in [-0.05, 0) is 41.9 Å². The van der Waals surface area contributed by atoms with Crippen LogP contribution in [0.3, 0.4) is 0 Å². The number of hydrogen-bond donors (Lipinski definition) is 2. The van der Waals surface area contributed by atoms with Gasteiger partial charge in [-0.2, -0.15) is 4.37 Å². The van der Waals surface area contributed by atoms with Gasteiger partial charge in [-0.3, -0.25) is 9.59 Å². The maximum Gasteiger partial charge on any atom is 0.276 e. The van der Waals surface area contributed by atoms with Crippen LogP contribution >= 0.6 is 23.1 Å². The minimum absolute atomic E-state index is 0.159. The summed E-state index contributed by atoms with van der Waals surface area (Å²) in [6.45, 7) is 0. The van der Waals surface area contributed by atoms with Crippen molar-refractivity contribution in [3.63, 3.8) is 0 Å². The van der Waals surface area contributed by atoms with E-state index in [1.807, 2.05) is 24.3 Å². The van der Waals surface area contributed by atoms with Gasteiger partial charge in [0.1, 0.15) is 11.5 Å². The van der Waals surface area contributed by atoms with Crippen LogP contribution in [-0.2, 0) is 0 Å². The van der Waals surface area contributed by atoms with Crippen molar-refractivity contribution in [2.45, 2.75) is 6.04 Å². The second-order valence-corrected chi connectivity index (χ2v) is 8.00. The average molecular weight is 438 g/mol. The molecule has 0 fully saturated rings. The summed E-state index contributed by atoms with van der Waals surface area (Å²) in [7, 11) is 0. The van der Waals surface area contributed by atoms with Gasteiger partial charge in [-0.1, -0.05) is 41.9 Å². The molecule has 3 aromatic carbocycles. The van der Waals surface area contributed by atoms with Crippen molar-refractivity contribution in [2.75, 3.05) is 5.32 Å². The van der Waals surface area contributed by atoms with Gasteiger partial charge in [0, 0.05) is 32.8 Å². The molecule has 4 aromatic rings. The predicted molar refractivity (Wildman–Crippen MR) is 115 cm³/mol.